The normalized spacial score (nSPS) is 20.3. The molecule has 0 bridgehead atoms. The smallest absolute Gasteiger partial charge is 0.256 e. The van der Waals surface area contributed by atoms with Crippen LogP contribution < -0.4 is 5.32 Å². The molecule has 4 rings (SSSR count). The maximum absolute atomic E-state index is 12.5. The summed E-state index contributed by atoms with van der Waals surface area (Å²) in [7, 11) is 0. The number of nitrogens with one attached hydrogen (secondary N) is 1. The third-order valence-electron chi connectivity index (χ3n) is 5.47. The predicted molar refractivity (Wildman–Crippen MR) is 98.1 cm³/mol. The highest BCUT2D eigenvalue weighted by Crippen LogP contribution is 2.36. The van der Waals surface area contributed by atoms with Crippen LogP contribution in [0.2, 0.25) is 0 Å². The first-order valence-electron chi connectivity index (χ1n) is 9.33. The molecule has 1 N–H and O–H groups in total. The summed E-state index contributed by atoms with van der Waals surface area (Å²) < 4.78 is 7.23. The number of fused-ring (bicyclic) bond motifs is 1. The molecule has 0 radical (unpaired) electrons. The van der Waals surface area contributed by atoms with Gasteiger partial charge >= 0.3 is 0 Å². The molecule has 3 aromatic rings. The van der Waals surface area contributed by atoms with E-state index in [4.69, 9.17) is 4.42 Å². The summed E-state index contributed by atoms with van der Waals surface area (Å²) in [6.07, 6.45) is 10.8. The zero-order chi connectivity index (χ0) is 17.9. The van der Waals surface area contributed by atoms with E-state index in [1.807, 2.05) is 19.1 Å². The van der Waals surface area contributed by atoms with E-state index in [2.05, 4.69) is 21.5 Å². The summed E-state index contributed by atoms with van der Waals surface area (Å²) >= 11 is 0. The standard InChI is InChI=1S/C20H24N4O2/c1-14-8-10-21-19-17(13-23-24(14)19)20(25)22-11-9-15-4-6-16(7-5-15)18-3-2-12-26-18/h2-3,8,10,12-13,15-16H,4-7,9,11H2,1H3,(H,22,25). The van der Waals surface area contributed by atoms with Crippen molar-refractivity contribution in [1.29, 1.82) is 0 Å². The van der Waals surface area contributed by atoms with Crippen molar-refractivity contribution in [2.75, 3.05) is 6.54 Å². The third kappa shape index (κ3) is 3.36. The molecule has 0 atom stereocenters. The van der Waals surface area contributed by atoms with Crippen molar-refractivity contribution in [2.45, 2.75) is 44.9 Å². The van der Waals surface area contributed by atoms with Gasteiger partial charge in [0.05, 0.1) is 12.5 Å². The van der Waals surface area contributed by atoms with Gasteiger partial charge in [-0.05, 0) is 63.1 Å². The average Bonchev–Trinajstić information content (AvgIpc) is 3.33. The number of hydrogen-bond donors (Lipinski definition) is 1. The zero-order valence-corrected chi connectivity index (χ0v) is 15.0. The molecule has 0 saturated heterocycles. The summed E-state index contributed by atoms with van der Waals surface area (Å²) in [4.78, 5) is 16.7. The van der Waals surface area contributed by atoms with Gasteiger partial charge in [-0.2, -0.15) is 5.10 Å². The SMILES string of the molecule is Cc1ccnc2c(C(=O)NCCC3CCC(c4ccco4)CC3)cnn12. The first-order valence-corrected chi connectivity index (χ1v) is 9.33. The van der Waals surface area contributed by atoms with Gasteiger partial charge in [-0.15, -0.1) is 0 Å². The molecule has 6 heteroatoms. The topological polar surface area (TPSA) is 72.4 Å². The molecule has 3 heterocycles. The van der Waals surface area contributed by atoms with E-state index >= 15 is 0 Å². The molecule has 6 nitrogen and oxygen atoms in total. The maximum atomic E-state index is 12.5. The number of aryl methyl sites for hydroxylation is 1. The highest BCUT2D eigenvalue weighted by Gasteiger charge is 2.24. The fourth-order valence-corrected chi connectivity index (χ4v) is 3.92. The van der Waals surface area contributed by atoms with Crippen molar-refractivity contribution in [2.24, 2.45) is 5.92 Å². The maximum Gasteiger partial charge on any atom is 0.256 e. The minimum Gasteiger partial charge on any atom is -0.469 e. The van der Waals surface area contributed by atoms with E-state index in [-0.39, 0.29) is 5.91 Å². The van der Waals surface area contributed by atoms with Crippen LogP contribution in [-0.2, 0) is 0 Å². The van der Waals surface area contributed by atoms with Crippen LogP contribution in [0.4, 0.5) is 0 Å². The first-order chi connectivity index (χ1) is 12.7. The van der Waals surface area contributed by atoms with Crippen LogP contribution in [0, 0.1) is 12.8 Å². The number of nitrogens with zero attached hydrogens (tertiary/aromatic N) is 3. The molecule has 1 fully saturated rings. The van der Waals surface area contributed by atoms with Gasteiger partial charge in [-0.3, -0.25) is 4.79 Å². The molecular formula is C20H24N4O2. The lowest BCUT2D eigenvalue weighted by atomic mass is 9.79. The number of carbonyl (C=O) groups excluding carboxylic acids is 1. The van der Waals surface area contributed by atoms with Crippen LogP contribution in [0.3, 0.4) is 0 Å². The summed E-state index contributed by atoms with van der Waals surface area (Å²) in [6, 6.07) is 5.92. The molecule has 1 amide bonds. The zero-order valence-electron chi connectivity index (χ0n) is 15.0. The Bertz CT molecular complexity index is 876. The van der Waals surface area contributed by atoms with Crippen LogP contribution in [-0.4, -0.2) is 27.0 Å². The lowest BCUT2D eigenvalue weighted by Crippen LogP contribution is -2.27. The lowest BCUT2D eigenvalue weighted by molar-refractivity contribution is 0.0951. The molecule has 0 aliphatic heterocycles. The fraction of sp³-hybridized carbons (Fsp3) is 0.450. The first kappa shape index (κ1) is 16.8. The number of aromatic nitrogens is 3. The molecule has 1 aliphatic rings. The molecule has 136 valence electrons. The van der Waals surface area contributed by atoms with Gasteiger partial charge in [-0.1, -0.05) is 0 Å². The van der Waals surface area contributed by atoms with Crippen molar-refractivity contribution in [3.05, 3.63) is 53.9 Å². The quantitative estimate of drug-likeness (QED) is 0.759. The van der Waals surface area contributed by atoms with Crippen LogP contribution in [0.1, 0.15) is 59.8 Å². The average molecular weight is 352 g/mol. The second kappa shape index (κ2) is 7.32. The van der Waals surface area contributed by atoms with E-state index < -0.39 is 0 Å². The molecule has 0 aromatic carbocycles. The van der Waals surface area contributed by atoms with Crippen LogP contribution in [0.5, 0.6) is 0 Å². The van der Waals surface area contributed by atoms with E-state index in [1.165, 1.54) is 25.7 Å². The Morgan fingerprint density at radius 2 is 2.15 bits per heavy atom. The monoisotopic (exact) mass is 352 g/mol. The van der Waals surface area contributed by atoms with Gasteiger partial charge in [0.1, 0.15) is 11.3 Å². The van der Waals surface area contributed by atoms with Crippen LogP contribution >= 0.6 is 0 Å². The van der Waals surface area contributed by atoms with Crippen molar-refractivity contribution in [3.63, 3.8) is 0 Å². The van der Waals surface area contributed by atoms with E-state index in [1.54, 1.807) is 23.2 Å². The minimum atomic E-state index is -0.0950. The number of carbonyl (C=O) groups is 1. The summed E-state index contributed by atoms with van der Waals surface area (Å²) in [6.45, 7) is 2.64. The second-order valence-electron chi connectivity index (χ2n) is 7.16. The summed E-state index contributed by atoms with van der Waals surface area (Å²) in [5, 5.41) is 7.29. The Balaban J connectivity index is 1.27. The Morgan fingerprint density at radius 1 is 1.31 bits per heavy atom. The second-order valence-corrected chi connectivity index (χ2v) is 7.16. The van der Waals surface area contributed by atoms with E-state index in [9.17, 15) is 4.79 Å². The third-order valence-corrected chi connectivity index (χ3v) is 5.47. The van der Waals surface area contributed by atoms with Gasteiger partial charge in [0.2, 0.25) is 0 Å². The lowest BCUT2D eigenvalue weighted by Gasteiger charge is -2.27. The molecule has 0 spiro atoms. The van der Waals surface area contributed by atoms with Gasteiger partial charge in [0, 0.05) is 24.4 Å². The molecule has 3 aromatic heterocycles. The highest BCUT2D eigenvalue weighted by atomic mass is 16.3. The van der Waals surface area contributed by atoms with Crippen molar-refractivity contribution < 1.29 is 9.21 Å². The van der Waals surface area contributed by atoms with Crippen molar-refractivity contribution in [3.8, 4) is 0 Å². The fourth-order valence-electron chi connectivity index (χ4n) is 3.92. The molecule has 0 unspecified atom stereocenters. The number of furan rings is 1. The van der Waals surface area contributed by atoms with Gasteiger partial charge in [-0.25, -0.2) is 9.50 Å². The molecule has 1 saturated carbocycles. The summed E-state index contributed by atoms with van der Waals surface area (Å²) in [5.74, 6) is 2.25. The van der Waals surface area contributed by atoms with Gasteiger partial charge in [0.25, 0.3) is 5.91 Å². The largest absolute Gasteiger partial charge is 0.469 e. The van der Waals surface area contributed by atoms with Crippen molar-refractivity contribution >= 4 is 11.6 Å². The van der Waals surface area contributed by atoms with Gasteiger partial charge in [0.15, 0.2) is 5.65 Å². The number of hydrogen-bond acceptors (Lipinski definition) is 4. The van der Waals surface area contributed by atoms with Gasteiger partial charge < -0.3 is 9.73 Å². The van der Waals surface area contributed by atoms with Crippen LogP contribution in [0.25, 0.3) is 5.65 Å². The molecular weight excluding hydrogens is 328 g/mol. The minimum absolute atomic E-state index is 0.0950. The van der Waals surface area contributed by atoms with Crippen molar-refractivity contribution in [1.82, 2.24) is 19.9 Å². The summed E-state index contributed by atoms with van der Waals surface area (Å²) in [5.41, 5.74) is 2.11. The van der Waals surface area contributed by atoms with Crippen LogP contribution in [0.15, 0.2) is 41.3 Å². The number of amides is 1. The highest BCUT2D eigenvalue weighted by molar-refractivity contribution is 5.99. The Labute approximate surface area is 152 Å². The Kier molecular flexibility index (Phi) is 4.73. The molecule has 1 aliphatic carbocycles. The number of rotatable bonds is 5. The predicted octanol–water partition coefficient (Wildman–Crippen LogP) is 3.72. The van der Waals surface area contributed by atoms with E-state index in [0.717, 1.165) is 17.9 Å². The Hall–Kier alpha value is -2.63. The molecule has 26 heavy (non-hydrogen) atoms. The van der Waals surface area contributed by atoms with E-state index in [0.29, 0.717) is 29.6 Å². The Morgan fingerprint density at radius 3 is 2.92 bits per heavy atom.